The zero-order chi connectivity index (χ0) is 13.0. The lowest BCUT2D eigenvalue weighted by Crippen LogP contribution is -2.24. The summed E-state index contributed by atoms with van der Waals surface area (Å²) in [5.41, 5.74) is 1.87. The smallest absolute Gasteiger partial charge is 0.304 e. The molecule has 6 nitrogen and oxygen atoms in total. The summed E-state index contributed by atoms with van der Waals surface area (Å²) < 4.78 is 0. The number of thiazole rings is 1. The predicted molar refractivity (Wildman–Crippen MR) is 69.9 cm³/mol. The lowest BCUT2D eigenvalue weighted by molar-refractivity contribution is 0.0951. The Kier molecular flexibility index (Phi) is 3.73. The number of aromatic nitrogens is 2. The molecule has 0 spiro atoms. The molecule has 2 aromatic rings. The fourth-order valence-electron chi connectivity index (χ4n) is 1.46. The summed E-state index contributed by atoms with van der Waals surface area (Å²) in [5.74, 6) is -0.214. The minimum Gasteiger partial charge on any atom is -0.386 e. The first kappa shape index (κ1) is 12.3. The Morgan fingerprint density at radius 1 is 1.56 bits per heavy atom. The van der Waals surface area contributed by atoms with Crippen molar-refractivity contribution < 1.29 is 4.79 Å². The van der Waals surface area contributed by atoms with Crippen LogP contribution in [0.2, 0.25) is 0 Å². The van der Waals surface area contributed by atoms with Crippen LogP contribution >= 0.6 is 11.3 Å². The maximum Gasteiger partial charge on any atom is 0.304 e. The molecule has 0 aliphatic rings. The molecule has 94 valence electrons. The first-order chi connectivity index (χ1) is 8.70. The van der Waals surface area contributed by atoms with Gasteiger partial charge in [0.1, 0.15) is 0 Å². The van der Waals surface area contributed by atoms with Gasteiger partial charge in [0.25, 0.3) is 5.91 Å². The zero-order valence-corrected chi connectivity index (χ0v) is 10.5. The Balaban J connectivity index is 2.05. The monoisotopic (exact) mass is 264 g/mol. The number of carbonyl (C=O) groups is 1. The molecule has 1 amide bonds. The fraction of sp³-hybridized carbons (Fsp3) is 0.182. The van der Waals surface area contributed by atoms with Gasteiger partial charge in [-0.05, 0) is 6.07 Å². The summed E-state index contributed by atoms with van der Waals surface area (Å²) in [6, 6.07) is 1.64. The molecule has 7 heteroatoms. The predicted octanol–water partition coefficient (Wildman–Crippen LogP) is 0.803. The van der Waals surface area contributed by atoms with Gasteiger partial charge in [0.05, 0.1) is 24.0 Å². The standard InChI is InChI=1S/C11H12N4O2S/c1-12-9-5-13-3-2-8(9)10(16)14-4-7-6-18-11(17)15-7/h2-3,5-6,12H,4H2,1H3,(H,14,16)(H,15,17). The van der Waals surface area contributed by atoms with E-state index in [4.69, 9.17) is 0 Å². The van der Waals surface area contributed by atoms with Crippen LogP contribution in [0.4, 0.5) is 5.69 Å². The average Bonchev–Trinajstić information content (AvgIpc) is 2.81. The summed E-state index contributed by atoms with van der Waals surface area (Å²) >= 11 is 1.07. The summed E-state index contributed by atoms with van der Waals surface area (Å²) in [7, 11) is 1.73. The fourth-order valence-corrected chi connectivity index (χ4v) is 2.04. The normalized spacial score (nSPS) is 10.1. The summed E-state index contributed by atoms with van der Waals surface area (Å²) in [6.07, 6.45) is 3.14. The SMILES string of the molecule is CNc1cnccc1C(=O)NCc1csc(=O)[nH]1. The number of hydrogen-bond donors (Lipinski definition) is 3. The Bertz CT molecular complexity index is 605. The highest BCUT2D eigenvalue weighted by atomic mass is 32.1. The zero-order valence-electron chi connectivity index (χ0n) is 9.69. The van der Waals surface area contributed by atoms with Gasteiger partial charge in [-0.1, -0.05) is 11.3 Å². The van der Waals surface area contributed by atoms with Gasteiger partial charge in [-0.2, -0.15) is 0 Å². The number of pyridine rings is 1. The van der Waals surface area contributed by atoms with Crippen LogP contribution in [-0.4, -0.2) is 22.9 Å². The molecule has 2 rings (SSSR count). The molecule has 0 atom stereocenters. The van der Waals surface area contributed by atoms with Crippen LogP contribution in [0.25, 0.3) is 0 Å². The lowest BCUT2D eigenvalue weighted by atomic mass is 10.2. The minimum absolute atomic E-state index is 0.126. The number of nitrogens with zero attached hydrogens (tertiary/aromatic N) is 1. The third kappa shape index (κ3) is 2.75. The van der Waals surface area contributed by atoms with E-state index in [2.05, 4.69) is 20.6 Å². The quantitative estimate of drug-likeness (QED) is 0.762. The van der Waals surface area contributed by atoms with E-state index >= 15 is 0 Å². The van der Waals surface area contributed by atoms with Gasteiger partial charge in [0, 0.05) is 24.3 Å². The Morgan fingerprint density at radius 3 is 3.06 bits per heavy atom. The third-order valence-electron chi connectivity index (χ3n) is 2.35. The molecule has 3 N–H and O–H groups in total. The van der Waals surface area contributed by atoms with Crippen molar-refractivity contribution in [1.82, 2.24) is 15.3 Å². The summed E-state index contributed by atoms with van der Waals surface area (Å²) in [4.78, 5) is 29.3. The molecule has 0 aliphatic carbocycles. The van der Waals surface area contributed by atoms with Crippen LogP contribution in [0.15, 0.2) is 28.6 Å². The van der Waals surface area contributed by atoms with E-state index in [1.165, 1.54) is 0 Å². The van der Waals surface area contributed by atoms with Crippen LogP contribution in [0.3, 0.4) is 0 Å². The van der Waals surface area contributed by atoms with Gasteiger partial charge in [-0.15, -0.1) is 0 Å². The lowest BCUT2D eigenvalue weighted by Gasteiger charge is -2.08. The number of carbonyl (C=O) groups excluding carboxylic acids is 1. The average molecular weight is 264 g/mol. The molecular weight excluding hydrogens is 252 g/mol. The van der Waals surface area contributed by atoms with Crippen molar-refractivity contribution in [2.45, 2.75) is 6.54 Å². The molecule has 0 aromatic carbocycles. The van der Waals surface area contributed by atoms with Crippen LogP contribution in [0.5, 0.6) is 0 Å². The van der Waals surface area contributed by atoms with Gasteiger partial charge in [0.2, 0.25) is 0 Å². The molecular formula is C11H12N4O2S. The van der Waals surface area contributed by atoms with Gasteiger partial charge in [-0.25, -0.2) is 0 Å². The van der Waals surface area contributed by atoms with E-state index in [9.17, 15) is 9.59 Å². The number of anilines is 1. The van der Waals surface area contributed by atoms with E-state index < -0.39 is 0 Å². The van der Waals surface area contributed by atoms with Crippen molar-refractivity contribution >= 4 is 22.9 Å². The number of hydrogen-bond acceptors (Lipinski definition) is 5. The Morgan fingerprint density at radius 2 is 2.39 bits per heavy atom. The summed E-state index contributed by atoms with van der Waals surface area (Å²) in [6.45, 7) is 0.295. The van der Waals surface area contributed by atoms with Crippen molar-refractivity contribution in [3.8, 4) is 0 Å². The molecule has 18 heavy (non-hydrogen) atoms. The molecule has 0 aliphatic heterocycles. The number of nitrogens with one attached hydrogen (secondary N) is 3. The van der Waals surface area contributed by atoms with Gasteiger partial charge in [-0.3, -0.25) is 14.6 Å². The molecule has 2 aromatic heterocycles. The number of H-pyrrole nitrogens is 1. The van der Waals surface area contributed by atoms with E-state index in [0.29, 0.717) is 23.5 Å². The molecule has 2 heterocycles. The third-order valence-corrected chi connectivity index (χ3v) is 3.06. The molecule has 0 fully saturated rings. The van der Waals surface area contributed by atoms with E-state index in [1.807, 2.05) is 0 Å². The van der Waals surface area contributed by atoms with Crippen molar-refractivity contribution in [3.05, 3.63) is 44.8 Å². The molecule has 0 radical (unpaired) electrons. The maximum atomic E-state index is 11.9. The first-order valence-electron chi connectivity index (χ1n) is 5.27. The van der Waals surface area contributed by atoms with Crippen molar-refractivity contribution in [1.29, 1.82) is 0 Å². The van der Waals surface area contributed by atoms with E-state index in [1.54, 1.807) is 30.9 Å². The van der Waals surface area contributed by atoms with Crippen LogP contribution in [0, 0.1) is 0 Å². The van der Waals surface area contributed by atoms with Crippen molar-refractivity contribution in [3.63, 3.8) is 0 Å². The second-order valence-electron chi connectivity index (χ2n) is 3.53. The second kappa shape index (κ2) is 5.46. The van der Waals surface area contributed by atoms with Crippen molar-refractivity contribution in [2.24, 2.45) is 0 Å². The Labute approximate surface area is 107 Å². The van der Waals surface area contributed by atoms with Gasteiger partial charge in [0.15, 0.2) is 0 Å². The molecule has 0 bridgehead atoms. The van der Waals surface area contributed by atoms with Crippen LogP contribution in [0.1, 0.15) is 16.1 Å². The second-order valence-corrected chi connectivity index (χ2v) is 4.37. The highest BCUT2D eigenvalue weighted by Crippen LogP contribution is 2.12. The molecule has 0 saturated heterocycles. The van der Waals surface area contributed by atoms with Crippen LogP contribution < -0.4 is 15.5 Å². The maximum absolute atomic E-state index is 11.9. The Hall–Kier alpha value is -2.15. The highest BCUT2D eigenvalue weighted by Gasteiger charge is 2.10. The van der Waals surface area contributed by atoms with Gasteiger partial charge < -0.3 is 15.6 Å². The molecule has 0 unspecified atom stereocenters. The topological polar surface area (TPSA) is 86.9 Å². The first-order valence-corrected chi connectivity index (χ1v) is 6.15. The van der Waals surface area contributed by atoms with Crippen LogP contribution in [-0.2, 0) is 6.54 Å². The summed E-state index contributed by atoms with van der Waals surface area (Å²) in [5, 5.41) is 7.32. The largest absolute Gasteiger partial charge is 0.386 e. The van der Waals surface area contributed by atoms with Crippen molar-refractivity contribution in [2.75, 3.05) is 12.4 Å². The number of amides is 1. The number of rotatable bonds is 4. The molecule has 0 saturated carbocycles. The van der Waals surface area contributed by atoms with Gasteiger partial charge >= 0.3 is 4.87 Å². The highest BCUT2D eigenvalue weighted by molar-refractivity contribution is 7.07. The van der Waals surface area contributed by atoms with E-state index in [-0.39, 0.29) is 10.8 Å². The van der Waals surface area contributed by atoms with E-state index in [0.717, 1.165) is 11.3 Å². The number of aromatic amines is 1. The minimum atomic E-state index is -0.214.